The van der Waals surface area contributed by atoms with Gasteiger partial charge in [-0.15, -0.1) is 0 Å². The van der Waals surface area contributed by atoms with Crippen molar-refractivity contribution in [3.05, 3.63) is 93.8 Å². The number of nitrogens with zero attached hydrogens (tertiary/aromatic N) is 2. The summed E-state index contributed by atoms with van der Waals surface area (Å²) in [5.74, 6) is -2.95. The minimum Gasteiger partial charge on any atom is -0.372 e. The van der Waals surface area contributed by atoms with Gasteiger partial charge in [0, 0.05) is 29.9 Å². The highest BCUT2D eigenvalue weighted by Crippen LogP contribution is 2.46. The van der Waals surface area contributed by atoms with Gasteiger partial charge in [0.2, 0.25) is 0 Å². The summed E-state index contributed by atoms with van der Waals surface area (Å²) < 4.78 is 55.5. The van der Waals surface area contributed by atoms with Gasteiger partial charge in [-0.25, -0.2) is 17.6 Å². The molecule has 2 N–H and O–H groups in total. The Kier molecular flexibility index (Phi) is 7.35. The van der Waals surface area contributed by atoms with Gasteiger partial charge in [-0.3, -0.25) is 14.6 Å². The molecule has 39 heavy (non-hydrogen) atoms. The number of amides is 2. The maximum atomic E-state index is 14.7. The average molecular weight is 562 g/mol. The van der Waals surface area contributed by atoms with E-state index in [9.17, 15) is 32.3 Å². The molecule has 1 atom stereocenters. The Morgan fingerprint density at radius 1 is 1.10 bits per heavy atom. The second-order valence-electron chi connectivity index (χ2n) is 9.85. The molecule has 2 aromatic carbocycles. The van der Waals surface area contributed by atoms with Crippen molar-refractivity contribution in [1.29, 1.82) is 0 Å². The molecule has 2 heterocycles. The van der Waals surface area contributed by atoms with Gasteiger partial charge >= 0.3 is 0 Å². The summed E-state index contributed by atoms with van der Waals surface area (Å²) in [7, 11) is 0. The lowest BCUT2D eigenvalue weighted by Gasteiger charge is -2.32. The van der Waals surface area contributed by atoms with E-state index in [1.165, 1.54) is 35.2 Å². The number of carbonyl (C=O) groups is 2. The summed E-state index contributed by atoms with van der Waals surface area (Å²) in [5.41, 5.74) is -3.27. The molecular weight excluding hydrogens is 538 g/mol. The third-order valence-electron chi connectivity index (χ3n) is 7.42. The lowest BCUT2D eigenvalue weighted by Crippen LogP contribution is -2.45. The lowest BCUT2D eigenvalue weighted by atomic mass is 9.85. The fraction of sp³-hybridized carbons (Fsp3) is 0.321. The molecule has 5 rings (SSSR count). The number of fused-ring (bicyclic) bond motifs is 1. The van der Waals surface area contributed by atoms with Crippen LogP contribution in [0.25, 0.3) is 0 Å². The first-order valence-electron chi connectivity index (χ1n) is 12.4. The Morgan fingerprint density at radius 2 is 1.82 bits per heavy atom. The Morgan fingerprint density at radius 3 is 2.51 bits per heavy atom. The highest BCUT2D eigenvalue weighted by Gasteiger charge is 2.52. The summed E-state index contributed by atoms with van der Waals surface area (Å²) >= 11 is 5.85. The molecule has 0 bridgehead atoms. The second-order valence-corrected chi connectivity index (χ2v) is 10.3. The first-order valence-corrected chi connectivity index (χ1v) is 12.8. The molecule has 0 saturated heterocycles. The number of pyridine rings is 1. The molecule has 6 nitrogen and oxygen atoms in total. The van der Waals surface area contributed by atoms with Crippen LogP contribution in [0.2, 0.25) is 5.02 Å². The maximum absolute atomic E-state index is 14.7. The molecule has 1 unspecified atom stereocenters. The highest BCUT2D eigenvalue weighted by molar-refractivity contribution is 6.30. The minimum absolute atomic E-state index is 0.0245. The Labute approximate surface area is 226 Å². The van der Waals surface area contributed by atoms with Crippen molar-refractivity contribution in [1.82, 2.24) is 10.3 Å². The van der Waals surface area contributed by atoms with E-state index in [1.807, 2.05) is 0 Å². The molecular formula is C28H24ClF4N3O3. The van der Waals surface area contributed by atoms with Crippen LogP contribution in [0.3, 0.4) is 0 Å². The topological polar surface area (TPSA) is 82.5 Å². The summed E-state index contributed by atoms with van der Waals surface area (Å²) in [4.78, 5) is 31.2. The molecule has 1 fully saturated rings. The smallest absolute Gasteiger partial charge is 0.281 e. The summed E-state index contributed by atoms with van der Waals surface area (Å²) in [6.07, 6.45) is 0.327. The minimum atomic E-state index is -2.93. The van der Waals surface area contributed by atoms with E-state index in [0.717, 1.165) is 24.4 Å². The number of hydrogen-bond donors (Lipinski definition) is 2. The van der Waals surface area contributed by atoms with E-state index in [2.05, 4.69) is 10.3 Å². The van der Waals surface area contributed by atoms with Crippen LogP contribution in [0.15, 0.2) is 54.7 Å². The summed E-state index contributed by atoms with van der Waals surface area (Å²) in [6.45, 7) is 0.197. The molecule has 1 aliphatic carbocycles. The standard InChI is InChI=1S/C28H24ClF4N3O3/c29-16-11-19(24(25(32)33)34-13-16)26(37)35-18-8-5-15(6-9-18)14-36-23-10-7-17(30)12-21(23)28(39,27(36)38)20-3-1-2-4-22(20)31/h1-4,7,10-13,15,18,25,39H,5-6,8-9,14H2,(H,35,37)/t15-,18-,28?. The van der Waals surface area contributed by atoms with Crippen molar-refractivity contribution in [3.63, 3.8) is 0 Å². The zero-order valence-corrected chi connectivity index (χ0v) is 21.3. The van der Waals surface area contributed by atoms with Crippen LogP contribution in [0.1, 0.15) is 59.3 Å². The Hall–Kier alpha value is -3.50. The van der Waals surface area contributed by atoms with E-state index < -0.39 is 41.2 Å². The fourth-order valence-corrected chi connectivity index (χ4v) is 5.62. The molecule has 1 aromatic heterocycles. The quantitative estimate of drug-likeness (QED) is 0.388. The fourth-order valence-electron chi connectivity index (χ4n) is 5.47. The number of benzene rings is 2. The monoisotopic (exact) mass is 561 g/mol. The SMILES string of the molecule is O=C(N[C@H]1CC[C@H](CN2C(=O)C(O)(c3ccccc3F)c3cc(F)ccc32)CC1)c1cc(Cl)cnc1C(F)F. The van der Waals surface area contributed by atoms with Gasteiger partial charge in [0.05, 0.1) is 16.3 Å². The number of nitrogens with one attached hydrogen (secondary N) is 1. The van der Waals surface area contributed by atoms with Crippen molar-refractivity contribution in [2.24, 2.45) is 5.92 Å². The molecule has 2 aliphatic rings. The van der Waals surface area contributed by atoms with Gasteiger partial charge in [0.15, 0.2) is 5.60 Å². The van der Waals surface area contributed by atoms with Crippen LogP contribution >= 0.6 is 11.6 Å². The number of aliphatic hydroxyl groups is 1. The van der Waals surface area contributed by atoms with Gasteiger partial charge in [0.1, 0.15) is 17.3 Å². The van der Waals surface area contributed by atoms with Gasteiger partial charge in [-0.1, -0.05) is 29.8 Å². The van der Waals surface area contributed by atoms with Crippen molar-refractivity contribution in [2.75, 3.05) is 11.4 Å². The van der Waals surface area contributed by atoms with Crippen molar-refractivity contribution in [2.45, 2.75) is 43.8 Å². The van der Waals surface area contributed by atoms with Crippen LogP contribution in [0.5, 0.6) is 0 Å². The van der Waals surface area contributed by atoms with E-state index in [4.69, 9.17) is 11.6 Å². The number of halogens is 5. The van der Waals surface area contributed by atoms with Gasteiger partial charge in [-0.2, -0.15) is 0 Å². The first kappa shape index (κ1) is 27.1. The number of alkyl halides is 2. The molecule has 11 heteroatoms. The second kappa shape index (κ2) is 10.6. The molecule has 204 valence electrons. The number of carbonyl (C=O) groups excluding carboxylic acids is 2. The van der Waals surface area contributed by atoms with Crippen LogP contribution in [-0.2, 0) is 10.4 Å². The number of hydrogen-bond acceptors (Lipinski definition) is 4. The molecule has 1 saturated carbocycles. The maximum Gasteiger partial charge on any atom is 0.281 e. The zero-order chi connectivity index (χ0) is 27.9. The first-order chi connectivity index (χ1) is 18.6. The van der Waals surface area contributed by atoms with Crippen molar-refractivity contribution in [3.8, 4) is 0 Å². The molecule has 3 aromatic rings. The number of rotatable bonds is 6. The van der Waals surface area contributed by atoms with E-state index in [0.29, 0.717) is 31.4 Å². The highest BCUT2D eigenvalue weighted by atomic mass is 35.5. The van der Waals surface area contributed by atoms with Crippen LogP contribution in [0.4, 0.5) is 23.2 Å². The Bertz CT molecular complexity index is 1430. The third kappa shape index (κ3) is 4.98. The van der Waals surface area contributed by atoms with E-state index >= 15 is 0 Å². The molecule has 2 amide bonds. The van der Waals surface area contributed by atoms with Crippen LogP contribution in [0, 0.1) is 17.6 Å². The number of anilines is 1. The zero-order valence-electron chi connectivity index (χ0n) is 20.5. The van der Waals surface area contributed by atoms with Crippen molar-refractivity contribution >= 4 is 29.1 Å². The largest absolute Gasteiger partial charge is 0.372 e. The summed E-state index contributed by atoms with van der Waals surface area (Å²) in [5, 5.41) is 14.3. The van der Waals surface area contributed by atoms with Gasteiger partial charge < -0.3 is 15.3 Å². The Balaban J connectivity index is 1.29. The predicted octanol–water partition coefficient (Wildman–Crippen LogP) is 5.52. The third-order valence-corrected chi connectivity index (χ3v) is 7.62. The van der Waals surface area contributed by atoms with Crippen LogP contribution < -0.4 is 10.2 Å². The summed E-state index contributed by atoms with van der Waals surface area (Å²) in [6, 6.07) is 9.84. The van der Waals surface area contributed by atoms with Gasteiger partial charge in [0.25, 0.3) is 18.2 Å². The number of aromatic nitrogens is 1. The molecule has 0 radical (unpaired) electrons. The normalized spacial score (nSPS) is 22.7. The molecule has 0 spiro atoms. The van der Waals surface area contributed by atoms with E-state index in [-0.39, 0.29) is 40.2 Å². The van der Waals surface area contributed by atoms with Gasteiger partial charge in [-0.05, 0) is 61.9 Å². The predicted molar refractivity (Wildman–Crippen MR) is 136 cm³/mol. The van der Waals surface area contributed by atoms with E-state index in [1.54, 1.807) is 0 Å². The molecule has 1 aliphatic heterocycles. The van der Waals surface area contributed by atoms with Crippen molar-refractivity contribution < 1.29 is 32.3 Å². The van der Waals surface area contributed by atoms with Crippen LogP contribution in [-0.4, -0.2) is 34.5 Å². The average Bonchev–Trinajstić information content (AvgIpc) is 3.11. The lowest BCUT2D eigenvalue weighted by molar-refractivity contribution is -0.132.